The molecule has 0 saturated carbocycles. The van der Waals surface area contributed by atoms with E-state index in [2.05, 4.69) is 28.9 Å². The normalized spacial score (nSPS) is 14.6. The quantitative estimate of drug-likeness (QED) is 0.400. The highest BCUT2D eigenvalue weighted by Crippen LogP contribution is 2.24. The average molecular weight is 373 g/mol. The first-order valence-electron chi connectivity index (χ1n) is 10.0. The first-order chi connectivity index (χ1) is 13.1. The van der Waals surface area contributed by atoms with Crippen molar-refractivity contribution in [1.29, 1.82) is 0 Å². The minimum absolute atomic E-state index is 0.143. The van der Waals surface area contributed by atoms with Crippen LogP contribution in [0, 0.1) is 0 Å². The maximum Gasteiger partial charge on any atom is 0.306 e. The SMILES string of the molecule is CCCCCOc1cccc(N2C=C(CC(C)OC(=O)CCC)N=CC2)c1. The molecule has 1 heterocycles. The van der Waals surface area contributed by atoms with Crippen LogP contribution in [-0.2, 0) is 9.53 Å². The molecule has 0 saturated heterocycles. The third-order valence-corrected chi connectivity index (χ3v) is 4.29. The fraction of sp³-hybridized carbons (Fsp3) is 0.545. The second-order valence-electron chi connectivity index (χ2n) is 6.89. The van der Waals surface area contributed by atoms with Crippen LogP contribution in [0.1, 0.15) is 59.3 Å². The van der Waals surface area contributed by atoms with Crippen LogP contribution in [0.2, 0.25) is 0 Å². The number of rotatable bonds is 11. The number of hydrogen-bond acceptors (Lipinski definition) is 5. The van der Waals surface area contributed by atoms with Crippen LogP contribution >= 0.6 is 0 Å². The molecule has 1 atom stereocenters. The molecule has 1 aromatic rings. The van der Waals surface area contributed by atoms with Crippen molar-refractivity contribution in [2.75, 3.05) is 18.1 Å². The van der Waals surface area contributed by atoms with Gasteiger partial charge in [0.05, 0.1) is 18.8 Å². The Bertz CT molecular complexity index is 655. The molecule has 0 amide bonds. The molecule has 0 N–H and O–H groups in total. The van der Waals surface area contributed by atoms with Gasteiger partial charge in [-0.05, 0) is 31.9 Å². The van der Waals surface area contributed by atoms with Gasteiger partial charge in [0.2, 0.25) is 0 Å². The van der Waals surface area contributed by atoms with Crippen LogP contribution < -0.4 is 9.64 Å². The van der Waals surface area contributed by atoms with E-state index in [1.54, 1.807) is 0 Å². The predicted molar refractivity (Wildman–Crippen MR) is 110 cm³/mol. The Morgan fingerprint density at radius 1 is 1.26 bits per heavy atom. The molecule has 0 fully saturated rings. The van der Waals surface area contributed by atoms with Crippen LogP contribution in [0.3, 0.4) is 0 Å². The van der Waals surface area contributed by atoms with Gasteiger partial charge < -0.3 is 14.4 Å². The highest BCUT2D eigenvalue weighted by Gasteiger charge is 2.15. The summed E-state index contributed by atoms with van der Waals surface area (Å²) in [6, 6.07) is 8.13. The van der Waals surface area contributed by atoms with Gasteiger partial charge in [-0.25, -0.2) is 0 Å². The lowest BCUT2D eigenvalue weighted by atomic mass is 10.2. The van der Waals surface area contributed by atoms with Crippen LogP contribution in [0.4, 0.5) is 5.69 Å². The van der Waals surface area contributed by atoms with Crippen molar-refractivity contribution in [1.82, 2.24) is 0 Å². The predicted octanol–water partition coefficient (Wildman–Crippen LogP) is 5.11. The van der Waals surface area contributed by atoms with Gasteiger partial charge in [-0.15, -0.1) is 0 Å². The fourth-order valence-electron chi connectivity index (χ4n) is 2.91. The largest absolute Gasteiger partial charge is 0.494 e. The molecule has 0 aromatic heterocycles. The molecular weight excluding hydrogens is 340 g/mol. The molecule has 0 bridgehead atoms. The lowest BCUT2D eigenvalue weighted by molar-refractivity contribution is -0.148. The zero-order chi connectivity index (χ0) is 19.5. The summed E-state index contributed by atoms with van der Waals surface area (Å²) >= 11 is 0. The molecule has 27 heavy (non-hydrogen) atoms. The molecule has 148 valence electrons. The molecular formula is C22H32N2O3. The number of ether oxygens (including phenoxy) is 2. The van der Waals surface area contributed by atoms with Gasteiger partial charge in [-0.1, -0.05) is 32.8 Å². The number of anilines is 1. The maximum atomic E-state index is 11.6. The highest BCUT2D eigenvalue weighted by atomic mass is 16.5. The summed E-state index contributed by atoms with van der Waals surface area (Å²) in [5.74, 6) is 0.748. The lowest BCUT2D eigenvalue weighted by Crippen LogP contribution is -2.23. The van der Waals surface area contributed by atoms with Gasteiger partial charge in [0.1, 0.15) is 11.9 Å². The minimum atomic E-state index is -0.180. The molecule has 1 aromatic carbocycles. The molecule has 2 rings (SSSR count). The fourth-order valence-corrected chi connectivity index (χ4v) is 2.91. The van der Waals surface area contributed by atoms with Crippen molar-refractivity contribution < 1.29 is 14.3 Å². The number of nitrogens with zero attached hydrogens (tertiary/aromatic N) is 2. The van der Waals surface area contributed by atoms with E-state index < -0.39 is 0 Å². The Labute approximate surface area is 163 Å². The third-order valence-electron chi connectivity index (χ3n) is 4.29. The Balaban J connectivity index is 1.94. The molecule has 5 heteroatoms. The van der Waals surface area contributed by atoms with Crippen molar-refractivity contribution in [2.24, 2.45) is 4.99 Å². The van der Waals surface area contributed by atoms with E-state index in [0.29, 0.717) is 19.4 Å². The Hall–Kier alpha value is -2.30. The molecule has 5 nitrogen and oxygen atoms in total. The van der Waals surface area contributed by atoms with Crippen molar-refractivity contribution in [3.63, 3.8) is 0 Å². The first kappa shape index (κ1) is 21.0. The number of unbranched alkanes of at least 4 members (excludes halogenated alkanes) is 2. The topological polar surface area (TPSA) is 51.1 Å². The van der Waals surface area contributed by atoms with E-state index in [9.17, 15) is 4.79 Å². The number of carbonyl (C=O) groups excluding carboxylic acids is 1. The molecule has 0 spiro atoms. The Kier molecular flexibility index (Phi) is 8.89. The van der Waals surface area contributed by atoms with Crippen molar-refractivity contribution in [3.05, 3.63) is 36.2 Å². The van der Waals surface area contributed by atoms with Crippen molar-refractivity contribution in [3.8, 4) is 5.75 Å². The Morgan fingerprint density at radius 2 is 2.11 bits per heavy atom. The summed E-state index contributed by atoms with van der Waals surface area (Å²) < 4.78 is 11.3. The van der Waals surface area contributed by atoms with E-state index in [4.69, 9.17) is 9.47 Å². The standard InChI is InChI=1S/C22H32N2O3/c1-4-6-7-14-26-21-11-8-10-20(16-21)24-13-12-23-19(17-24)15-18(3)27-22(25)9-5-2/h8,10-12,16-18H,4-7,9,13-15H2,1-3H3. The first-order valence-corrected chi connectivity index (χ1v) is 10.0. The van der Waals surface area contributed by atoms with Gasteiger partial charge in [0, 0.05) is 37.0 Å². The van der Waals surface area contributed by atoms with E-state index in [0.717, 1.165) is 36.6 Å². The molecule has 0 radical (unpaired) electrons. The maximum absolute atomic E-state index is 11.6. The van der Waals surface area contributed by atoms with Crippen LogP contribution in [0.15, 0.2) is 41.2 Å². The van der Waals surface area contributed by atoms with Gasteiger partial charge in [0.15, 0.2) is 0 Å². The summed E-state index contributed by atoms with van der Waals surface area (Å²) in [5.41, 5.74) is 1.98. The zero-order valence-corrected chi connectivity index (χ0v) is 16.8. The molecule has 1 unspecified atom stereocenters. The van der Waals surface area contributed by atoms with E-state index in [-0.39, 0.29) is 12.1 Å². The van der Waals surface area contributed by atoms with E-state index in [1.807, 2.05) is 38.4 Å². The molecule has 1 aliphatic rings. The third kappa shape index (κ3) is 7.45. The summed E-state index contributed by atoms with van der Waals surface area (Å²) in [5, 5.41) is 0. The Morgan fingerprint density at radius 3 is 2.89 bits per heavy atom. The van der Waals surface area contributed by atoms with Crippen LogP contribution in [-0.4, -0.2) is 31.4 Å². The summed E-state index contributed by atoms with van der Waals surface area (Å²) in [6.07, 6.45) is 9.07. The lowest BCUT2D eigenvalue weighted by Gasteiger charge is -2.24. The van der Waals surface area contributed by atoms with Gasteiger partial charge in [-0.3, -0.25) is 9.79 Å². The second-order valence-corrected chi connectivity index (χ2v) is 6.89. The average Bonchev–Trinajstić information content (AvgIpc) is 2.66. The van der Waals surface area contributed by atoms with Crippen molar-refractivity contribution in [2.45, 2.75) is 65.4 Å². The summed E-state index contributed by atoms with van der Waals surface area (Å²) in [7, 11) is 0. The van der Waals surface area contributed by atoms with Gasteiger partial charge in [-0.2, -0.15) is 0 Å². The summed E-state index contributed by atoms with van der Waals surface area (Å²) in [4.78, 5) is 18.2. The van der Waals surface area contributed by atoms with Crippen molar-refractivity contribution >= 4 is 17.9 Å². The smallest absolute Gasteiger partial charge is 0.306 e. The minimum Gasteiger partial charge on any atom is -0.494 e. The van der Waals surface area contributed by atoms with Gasteiger partial charge >= 0.3 is 5.97 Å². The molecule has 0 aliphatic carbocycles. The van der Waals surface area contributed by atoms with E-state index >= 15 is 0 Å². The van der Waals surface area contributed by atoms with Gasteiger partial charge in [0.25, 0.3) is 0 Å². The zero-order valence-electron chi connectivity index (χ0n) is 16.8. The summed E-state index contributed by atoms with van der Waals surface area (Å²) in [6.45, 7) is 7.54. The highest BCUT2D eigenvalue weighted by molar-refractivity contribution is 5.71. The monoisotopic (exact) mass is 372 g/mol. The van der Waals surface area contributed by atoms with Crippen LogP contribution in [0.5, 0.6) is 5.75 Å². The number of aliphatic imine (C=N–C) groups is 1. The van der Waals surface area contributed by atoms with Crippen LogP contribution in [0.25, 0.3) is 0 Å². The van der Waals surface area contributed by atoms with E-state index in [1.165, 1.54) is 12.8 Å². The number of carbonyl (C=O) groups is 1. The second kappa shape index (κ2) is 11.4. The number of benzene rings is 1. The molecule has 1 aliphatic heterocycles. The number of hydrogen-bond donors (Lipinski definition) is 0. The number of esters is 1.